The zero-order chi connectivity index (χ0) is 25.6. The summed E-state index contributed by atoms with van der Waals surface area (Å²) in [5, 5.41) is 2.07. The molecular weight excluding hydrogens is 452 g/mol. The molecule has 188 valence electrons. The van der Waals surface area contributed by atoms with Gasteiger partial charge in [-0.2, -0.15) is 0 Å². The minimum atomic E-state index is -0.848. The molecule has 0 N–H and O–H groups in total. The van der Waals surface area contributed by atoms with Crippen LogP contribution in [0, 0.1) is 10.8 Å². The first-order valence-corrected chi connectivity index (χ1v) is 11.6. The maximum absolute atomic E-state index is 11.8. The first kappa shape index (κ1) is 26.2. The summed E-state index contributed by atoms with van der Waals surface area (Å²) in [7, 11) is 0. The highest BCUT2D eigenvalue weighted by molar-refractivity contribution is 5.89. The van der Waals surface area contributed by atoms with E-state index in [0.29, 0.717) is 19.3 Å². The smallest absolute Gasteiger partial charge is 0.302 e. The van der Waals surface area contributed by atoms with Gasteiger partial charge < -0.3 is 18.9 Å². The third kappa shape index (κ3) is 6.81. The van der Waals surface area contributed by atoms with Crippen LogP contribution in [-0.2, 0) is 51.0 Å². The predicted octanol–water partition coefficient (Wildman–Crippen LogP) is 3.55. The summed E-state index contributed by atoms with van der Waals surface area (Å²) in [6.07, 6.45) is 1.18. The van der Waals surface area contributed by atoms with E-state index in [-0.39, 0.29) is 26.4 Å². The predicted molar refractivity (Wildman–Crippen MR) is 127 cm³/mol. The maximum atomic E-state index is 11.8. The van der Waals surface area contributed by atoms with Gasteiger partial charge in [-0.05, 0) is 41.2 Å². The molecule has 0 saturated carbocycles. The normalized spacial score (nSPS) is 15.9. The molecule has 8 nitrogen and oxygen atoms in total. The number of carbonyl (C=O) groups excluding carboxylic acids is 4. The van der Waals surface area contributed by atoms with Crippen molar-refractivity contribution in [3.05, 3.63) is 47.5 Å². The van der Waals surface area contributed by atoms with E-state index in [2.05, 4.69) is 0 Å². The highest BCUT2D eigenvalue weighted by Gasteiger charge is 2.47. The Morgan fingerprint density at radius 3 is 1.29 bits per heavy atom. The lowest BCUT2D eigenvalue weighted by molar-refractivity contribution is -0.159. The zero-order valence-corrected chi connectivity index (χ0v) is 20.7. The number of rotatable bonds is 8. The molecule has 1 aliphatic rings. The summed E-state index contributed by atoms with van der Waals surface area (Å²) >= 11 is 0. The largest absolute Gasteiger partial charge is 0.465 e. The van der Waals surface area contributed by atoms with E-state index >= 15 is 0 Å². The van der Waals surface area contributed by atoms with Gasteiger partial charge in [-0.3, -0.25) is 19.2 Å². The fourth-order valence-corrected chi connectivity index (χ4v) is 5.04. The Hall–Kier alpha value is -3.42. The highest BCUT2D eigenvalue weighted by Crippen LogP contribution is 2.45. The Labute approximate surface area is 204 Å². The van der Waals surface area contributed by atoms with E-state index in [1.165, 1.54) is 27.7 Å². The number of ether oxygens (including phenoxy) is 4. The van der Waals surface area contributed by atoms with Gasteiger partial charge in [0.15, 0.2) is 0 Å². The van der Waals surface area contributed by atoms with Gasteiger partial charge in [-0.15, -0.1) is 0 Å². The summed E-state index contributed by atoms with van der Waals surface area (Å²) in [4.78, 5) is 47.3. The summed E-state index contributed by atoms with van der Waals surface area (Å²) in [5.41, 5.74) is 0.371. The van der Waals surface area contributed by atoms with Crippen LogP contribution in [0.15, 0.2) is 36.4 Å². The Kier molecular flexibility index (Phi) is 8.14. The molecule has 0 atom stereocenters. The molecular formula is C27H32O8. The number of esters is 4. The lowest BCUT2D eigenvalue weighted by Crippen LogP contribution is -2.47. The molecule has 35 heavy (non-hydrogen) atoms. The molecule has 1 aliphatic carbocycles. The SMILES string of the molecule is CC(=O)OCC1(COC(C)=O)Cc2cccc3cccc(c23)CC(COC(C)=O)(COC(C)=O)C1. The molecule has 0 saturated heterocycles. The second-order valence-electron chi connectivity index (χ2n) is 9.58. The first-order chi connectivity index (χ1) is 16.5. The second-order valence-corrected chi connectivity index (χ2v) is 9.58. The molecule has 0 unspecified atom stereocenters. The lowest BCUT2D eigenvalue weighted by atomic mass is 9.64. The average Bonchev–Trinajstić information content (AvgIpc) is 2.78. The summed E-state index contributed by atoms with van der Waals surface area (Å²) in [5.74, 6) is -1.84. The third-order valence-electron chi connectivity index (χ3n) is 6.28. The van der Waals surface area contributed by atoms with Crippen molar-refractivity contribution in [2.45, 2.75) is 47.0 Å². The number of hydrogen-bond donors (Lipinski definition) is 0. The quantitative estimate of drug-likeness (QED) is 0.414. The van der Waals surface area contributed by atoms with E-state index in [9.17, 15) is 19.2 Å². The monoisotopic (exact) mass is 484 g/mol. The molecule has 0 amide bonds. The van der Waals surface area contributed by atoms with Gasteiger partial charge in [0.1, 0.15) is 26.4 Å². The molecule has 0 aliphatic heterocycles. The Morgan fingerprint density at radius 1 is 0.629 bits per heavy atom. The molecule has 0 radical (unpaired) electrons. The van der Waals surface area contributed by atoms with Crippen LogP contribution in [0.4, 0.5) is 0 Å². The van der Waals surface area contributed by atoms with Crippen LogP contribution in [0.5, 0.6) is 0 Å². The first-order valence-electron chi connectivity index (χ1n) is 11.6. The molecule has 0 heterocycles. The Balaban J connectivity index is 2.23. The standard InChI is InChI=1S/C27H32O8/c1-18(28)32-14-26(15-33-19(2)29)11-23-9-5-7-22-8-6-10-24(25(22)23)12-27(13-26,16-34-20(3)30)17-35-21(4)31/h5-10H,11-17H2,1-4H3. The topological polar surface area (TPSA) is 105 Å². The van der Waals surface area contributed by atoms with Crippen LogP contribution in [0.25, 0.3) is 10.8 Å². The van der Waals surface area contributed by atoms with Crippen LogP contribution in [0.3, 0.4) is 0 Å². The van der Waals surface area contributed by atoms with Crippen LogP contribution in [-0.4, -0.2) is 50.3 Å². The van der Waals surface area contributed by atoms with Crippen LogP contribution < -0.4 is 0 Å². The molecule has 8 heteroatoms. The molecule has 2 aromatic rings. The third-order valence-corrected chi connectivity index (χ3v) is 6.28. The van der Waals surface area contributed by atoms with E-state index in [1.807, 2.05) is 36.4 Å². The van der Waals surface area contributed by atoms with E-state index in [0.717, 1.165) is 21.9 Å². The maximum Gasteiger partial charge on any atom is 0.302 e. The van der Waals surface area contributed by atoms with Crippen LogP contribution in [0.1, 0.15) is 45.2 Å². The summed E-state index contributed by atoms with van der Waals surface area (Å²) < 4.78 is 22.0. The van der Waals surface area contributed by atoms with Crippen molar-refractivity contribution in [1.29, 1.82) is 0 Å². The Morgan fingerprint density at radius 2 is 0.971 bits per heavy atom. The van der Waals surface area contributed by atoms with Gasteiger partial charge in [0.05, 0.1) is 0 Å². The lowest BCUT2D eigenvalue weighted by Gasteiger charge is -2.44. The minimum Gasteiger partial charge on any atom is -0.465 e. The molecule has 0 fully saturated rings. The molecule has 0 spiro atoms. The average molecular weight is 485 g/mol. The van der Waals surface area contributed by atoms with E-state index in [4.69, 9.17) is 18.9 Å². The van der Waals surface area contributed by atoms with Crippen molar-refractivity contribution in [2.75, 3.05) is 26.4 Å². The van der Waals surface area contributed by atoms with E-state index in [1.54, 1.807) is 0 Å². The van der Waals surface area contributed by atoms with Crippen LogP contribution in [0.2, 0.25) is 0 Å². The Bertz CT molecular complexity index is 1000. The van der Waals surface area contributed by atoms with Gasteiger partial charge in [-0.25, -0.2) is 0 Å². The van der Waals surface area contributed by atoms with Gasteiger partial charge in [-0.1, -0.05) is 36.4 Å². The number of benzene rings is 2. The minimum absolute atomic E-state index is 0.0178. The zero-order valence-electron chi connectivity index (χ0n) is 20.7. The molecule has 3 rings (SSSR count). The van der Waals surface area contributed by atoms with Crippen molar-refractivity contribution in [3.63, 3.8) is 0 Å². The second kappa shape index (κ2) is 10.9. The van der Waals surface area contributed by atoms with Crippen molar-refractivity contribution < 1.29 is 38.1 Å². The van der Waals surface area contributed by atoms with Gasteiger partial charge in [0, 0.05) is 38.5 Å². The van der Waals surface area contributed by atoms with Gasteiger partial charge in [0.25, 0.3) is 0 Å². The molecule has 2 aromatic carbocycles. The molecule has 0 aromatic heterocycles. The van der Waals surface area contributed by atoms with Gasteiger partial charge >= 0.3 is 23.9 Å². The van der Waals surface area contributed by atoms with Crippen molar-refractivity contribution >= 4 is 34.6 Å². The van der Waals surface area contributed by atoms with E-state index < -0.39 is 34.7 Å². The van der Waals surface area contributed by atoms with Crippen molar-refractivity contribution in [1.82, 2.24) is 0 Å². The van der Waals surface area contributed by atoms with Crippen molar-refractivity contribution in [3.8, 4) is 0 Å². The van der Waals surface area contributed by atoms with Gasteiger partial charge in [0.2, 0.25) is 0 Å². The molecule has 0 bridgehead atoms. The fourth-order valence-electron chi connectivity index (χ4n) is 5.04. The van der Waals surface area contributed by atoms with Crippen LogP contribution >= 0.6 is 0 Å². The van der Waals surface area contributed by atoms with Crippen molar-refractivity contribution in [2.24, 2.45) is 10.8 Å². The fraction of sp³-hybridized carbons (Fsp3) is 0.481. The number of carbonyl (C=O) groups is 4. The number of hydrogen-bond acceptors (Lipinski definition) is 8. The summed E-state index contributed by atoms with van der Waals surface area (Å²) in [6.45, 7) is 5.22. The summed E-state index contributed by atoms with van der Waals surface area (Å²) in [6, 6.07) is 12.0. The highest BCUT2D eigenvalue weighted by atomic mass is 16.6.